The van der Waals surface area contributed by atoms with Crippen LogP contribution >= 0.6 is 0 Å². The van der Waals surface area contributed by atoms with Crippen LogP contribution in [0.2, 0.25) is 0 Å². The number of aryl methyl sites for hydroxylation is 1. The number of benzene rings is 1. The molecule has 0 N–H and O–H groups in total. The normalized spacial score (nSPS) is 29.0. The van der Waals surface area contributed by atoms with Crippen molar-refractivity contribution in [3.05, 3.63) is 29.8 Å². The average molecular weight is 369 g/mol. The Labute approximate surface area is 165 Å². The maximum absolute atomic E-state index is 12.6. The number of amides is 1. The summed E-state index contributed by atoms with van der Waals surface area (Å²) in [4.78, 5) is 17.5. The standard InChI is InChI=1S/C24H36N2O/c1-3-4-7-19-14-21-11-12-22(15-19)25(21)16-18(2)17-26-23-9-6-5-8-20(23)10-13-24(26)27/h5-6,8-9,18-19,21-22H,3-4,7,10-17H2,1-2H3. The minimum Gasteiger partial charge on any atom is -0.312 e. The van der Waals surface area contributed by atoms with Crippen LogP contribution in [0, 0.1) is 11.8 Å². The van der Waals surface area contributed by atoms with Gasteiger partial charge in [0.25, 0.3) is 0 Å². The first kappa shape index (κ1) is 19.0. The smallest absolute Gasteiger partial charge is 0.227 e. The fraction of sp³-hybridized carbons (Fsp3) is 0.708. The zero-order valence-corrected chi connectivity index (χ0v) is 17.2. The molecular weight excluding hydrogens is 332 g/mol. The largest absolute Gasteiger partial charge is 0.312 e. The molecule has 0 aromatic heterocycles. The number of carbonyl (C=O) groups excluding carboxylic acids is 1. The summed E-state index contributed by atoms with van der Waals surface area (Å²) in [5, 5.41) is 0. The monoisotopic (exact) mass is 368 g/mol. The summed E-state index contributed by atoms with van der Waals surface area (Å²) >= 11 is 0. The summed E-state index contributed by atoms with van der Waals surface area (Å²) < 4.78 is 0. The molecule has 3 aliphatic rings. The first-order valence-electron chi connectivity index (χ1n) is 11.3. The van der Waals surface area contributed by atoms with Crippen molar-refractivity contribution in [2.24, 2.45) is 11.8 Å². The van der Waals surface area contributed by atoms with Gasteiger partial charge in [-0.05, 0) is 55.6 Å². The van der Waals surface area contributed by atoms with Gasteiger partial charge < -0.3 is 4.90 Å². The van der Waals surface area contributed by atoms with E-state index in [2.05, 4.69) is 47.9 Å². The van der Waals surface area contributed by atoms with E-state index < -0.39 is 0 Å². The van der Waals surface area contributed by atoms with E-state index in [4.69, 9.17) is 0 Å². The van der Waals surface area contributed by atoms with Crippen molar-refractivity contribution in [3.8, 4) is 0 Å². The van der Waals surface area contributed by atoms with Crippen molar-refractivity contribution >= 4 is 11.6 Å². The molecule has 1 amide bonds. The molecule has 4 rings (SSSR count). The lowest BCUT2D eigenvalue weighted by Gasteiger charge is -2.41. The molecular formula is C24H36N2O. The number of para-hydroxylation sites is 1. The highest BCUT2D eigenvalue weighted by Gasteiger charge is 2.40. The molecule has 2 saturated heterocycles. The van der Waals surface area contributed by atoms with Gasteiger partial charge in [0.2, 0.25) is 5.91 Å². The predicted octanol–water partition coefficient (Wildman–Crippen LogP) is 5.04. The van der Waals surface area contributed by atoms with E-state index in [1.54, 1.807) is 0 Å². The SMILES string of the molecule is CCCCC1CC2CCC(C1)N2CC(C)CN1C(=O)CCc2ccccc21. The Hall–Kier alpha value is -1.35. The molecule has 1 aromatic rings. The Balaban J connectivity index is 1.36. The number of piperidine rings is 1. The van der Waals surface area contributed by atoms with Crippen molar-refractivity contribution in [1.29, 1.82) is 0 Å². The van der Waals surface area contributed by atoms with Crippen LogP contribution in [-0.2, 0) is 11.2 Å². The fourth-order valence-corrected chi connectivity index (χ4v) is 5.84. The molecule has 3 heterocycles. The second-order valence-electron chi connectivity index (χ2n) is 9.30. The molecule has 0 spiro atoms. The van der Waals surface area contributed by atoms with Crippen LogP contribution in [0.1, 0.15) is 70.8 Å². The molecule has 0 aliphatic carbocycles. The molecule has 3 heteroatoms. The summed E-state index contributed by atoms with van der Waals surface area (Å²) in [5.74, 6) is 1.79. The minimum atomic E-state index is 0.307. The summed E-state index contributed by atoms with van der Waals surface area (Å²) in [6.07, 6.45) is 11.3. The van der Waals surface area contributed by atoms with Crippen molar-refractivity contribution in [2.75, 3.05) is 18.0 Å². The summed E-state index contributed by atoms with van der Waals surface area (Å²) in [5.41, 5.74) is 2.49. The Morgan fingerprint density at radius 2 is 1.81 bits per heavy atom. The van der Waals surface area contributed by atoms with E-state index in [0.717, 1.165) is 43.2 Å². The molecule has 2 bridgehead atoms. The fourth-order valence-electron chi connectivity index (χ4n) is 5.84. The summed E-state index contributed by atoms with van der Waals surface area (Å²) in [7, 11) is 0. The quantitative estimate of drug-likeness (QED) is 0.673. The molecule has 3 atom stereocenters. The zero-order chi connectivity index (χ0) is 18.8. The number of unbranched alkanes of at least 4 members (excludes halogenated alkanes) is 1. The Kier molecular flexibility index (Phi) is 5.87. The van der Waals surface area contributed by atoms with Gasteiger partial charge in [-0.15, -0.1) is 0 Å². The summed E-state index contributed by atoms with van der Waals surface area (Å²) in [6, 6.07) is 10.1. The number of hydrogen-bond donors (Lipinski definition) is 0. The van der Waals surface area contributed by atoms with E-state index in [-0.39, 0.29) is 0 Å². The number of fused-ring (bicyclic) bond motifs is 3. The number of anilines is 1. The van der Waals surface area contributed by atoms with Gasteiger partial charge in [0.05, 0.1) is 0 Å². The lowest BCUT2D eigenvalue weighted by Crippen LogP contribution is -2.47. The highest BCUT2D eigenvalue weighted by atomic mass is 16.2. The number of nitrogens with zero attached hydrogens (tertiary/aromatic N) is 2. The van der Waals surface area contributed by atoms with Crippen molar-refractivity contribution in [3.63, 3.8) is 0 Å². The first-order valence-corrected chi connectivity index (χ1v) is 11.3. The lowest BCUT2D eigenvalue weighted by atomic mass is 9.86. The van der Waals surface area contributed by atoms with Crippen LogP contribution in [0.15, 0.2) is 24.3 Å². The molecule has 0 radical (unpaired) electrons. The molecule has 3 aliphatic heterocycles. The third-order valence-corrected chi connectivity index (χ3v) is 7.16. The maximum Gasteiger partial charge on any atom is 0.227 e. The van der Waals surface area contributed by atoms with Gasteiger partial charge in [-0.25, -0.2) is 0 Å². The highest BCUT2D eigenvalue weighted by molar-refractivity contribution is 5.96. The van der Waals surface area contributed by atoms with E-state index in [1.165, 1.54) is 50.5 Å². The second kappa shape index (κ2) is 8.34. The predicted molar refractivity (Wildman–Crippen MR) is 112 cm³/mol. The van der Waals surface area contributed by atoms with Crippen LogP contribution in [0.25, 0.3) is 0 Å². The molecule has 3 nitrogen and oxygen atoms in total. The zero-order valence-electron chi connectivity index (χ0n) is 17.2. The molecule has 0 saturated carbocycles. The maximum atomic E-state index is 12.6. The van der Waals surface area contributed by atoms with Gasteiger partial charge in [0.15, 0.2) is 0 Å². The van der Waals surface area contributed by atoms with Crippen molar-refractivity contribution in [2.45, 2.75) is 83.7 Å². The topological polar surface area (TPSA) is 23.6 Å². The Morgan fingerprint density at radius 3 is 2.56 bits per heavy atom. The Morgan fingerprint density at radius 1 is 1.07 bits per heavy atom. The Bertz CT molecular complexity index is 644. The molecule has 27 heavy (non-hydrogen) atoms. The van der Waals surface area contributed by atoms with Crippen molar-refractivity contribution < 1.29 is 4.79 Å². The molecule has 1 aromatic carbocycles. The van der Waals surface area contributed by atoms with Crippen LogP contribution < -0.4 is 4.90 Å². The molecule has 3 unspecified atom stereocenters. The third-order valence-electron chi connectivity index (χ3n) is 7.16. The van der Waals surface area contributed by atoms with Crippen LogP contribution in [0.3, 0.4) is 0 Å². The van der Waals surface area contributed by atoms with Gasteiger partial charge in [-0.2, -0.15) is 0 Å². The highest BCUT2D eigenvalue weighted by Crippen LogP contribution is 2.41. The number of carbonyl (C=O) groups is 1. The average Bonchev–Trinajstić information content (AvgIpc) is 2.90. The van der Waals surface area contributed by atoms with Crippen LogP contribution in [0.5, 0.6) is 0 Å². The van der Waals surface area contributed by atoms with E-state index in [1.807, 2.05) is 0 Å². The van der Waals surface area contributed by atoms with Gasteiger partial charge in [0, 0.05) is 37.3 Å². The molecule has 148 valence electrons. The number of rotatable bonds is 7. The van der Waals surface area contributed by atoms with Crippen LogP contribution in [-0.4, -0.2) is 36.0 Å². The van der Waals surface area contributed by atoms with Gasteiger partial charge in [-0.3, -0.25) is 9.69 Å². The lowest BCUT2D eigenvalue weighted by molar-refractivity contribution is -0.119. The number of hydrogen-bond acceptors (Lipinski definition) is 2. The van der Waals surface area contributed by atoms with Gasteiger partial charge in [0.1, 0.15) is 0 Å². The summed E-state index contributed by atoms with van der Waals surface area (Å²) in [6.45, 7) is 6.67. The first-order chi connectivity index (χ1) is 13.2. The molecule has 2 fully saturated rings. The third kappa shape index (κ3) is 4.08. The van der Waals surface area contributed by atoms with E-state index >= 15 is 0 Å². The van der Waals surface area contributed by atoms with Gasteiger partial charge in [-0.1, -0.05) is 51.3 Å². The second-order valence-corrected chi connectivity index (χ2v) is 9.30. The minimum absolute atomic E-state index is 0.307. The van der Waals surface area contributed by atoms with Crippen molar-refractivity contribution in [1.82, 2.24) is 4.90 Å². The van der Waals surface area contributed by atoms with E-state index in [0.29, 0.717) is 18.2 Å². The van der Waals surface area contributed by atoms with Crippen LogP contribution in [0.4, 0.5) is 5.69 Å². The van der Waals surface area contributed by atoms with Gasteiger partial charge >= 0.3 is 0 Å². The van der Waals surface area contributed by atoms with E-state index in [9.17, 15) is 4.79 Å².